The number of carbonyl (C=O) groups excluding carboxylic acids is 2. The summed E-state index contributed by atoms with van der Waals surface area (Å²) in [7, 11) is 0. The molecular weight excluding hydrogens is 471 g/mol. The van der Waals surface area contributed by atoms with Gasteiger partial charge in [0.05, 0.1) is 18.4 Å². The largest absolute Gasteiger partial charge is 0.321 e. The average molecular weight is 487 g/mol. The summed E-state index contributed by atoms with van der Waals surface area (Å²) >= 11 is 14.3. The fourth-order valence-corrected chi connectivity index (χ4v) is 4.78. The van der Waals surface area contributed by atoms with Gasteiger partial charge in [-0.05, 0) is 66.1 Å². The van der Waals surface area contributed by atoms with Gasteiger partial charge < -0.3 is 10.6 Å². The molecule has 2 aromatic carbocycles. The highest BCUT2D eigenvalue weighted by Gasteiger charge is 2.10. The van der Waals surface area contributed by atoms with Crippen LogP contribution in [0.25, 0.3) is 0 Å². The Morgan fingerprint density at radius 1 is 0.613 bits per heavy atom. The minimum absolute atomic E-state index is 0.174. The number of anilines is 2. The third kappa shape index (κ3) is 5.74. The fraction of sp³-hybridized carbons (Fsp3) is 0.0435. The minimum atomic E-state index is -0.174. The monoisotopic (exact) mass is 486 g/mol. The van der Waals surface area contributed by atoms with Crippen molar-refractivity contribution in [3.63, 3.8) is 0 Å². The summed E-state index contributed by atoms with van der Waals surface area (Å²) < 4.78 is 1.17. The fourth-order valence-electron chi connectivity index (χ4n) is 2.91. The first kappa shape index (κ1) is 21.6. The zero-order valence-electron chi connectivity index (χ0n) is 16.0. The number of benzene rings is 2. The van der Waals surface area contributed by atoms with Crippen LogP contribution >= 0.6 is 45.9 Å². The van der Waals surface area contributed by atoms with Crippen LogP contribution in [0.5, 0.6) is 0 Å². The molecule has 156 valence electrons. The molecule has 0 aliphatic heterocycles. The van der Waals surface area contributed by atoms with Gasteiger partial charge >= 0.3 is 0 Å². The predicted molar refractivity (Wildman–Crippen MR) is 130 cm³/mol. The SMILES string of the molecule is O=C(Nc1ccc(Cc2ccc(NC(=O)c3ccc(Cl)s3)cc2)cc1)c1ccc(Cl)s1. The maximum absolute atomic E-state index is 12.2. The van der Waals surface area contributed by atoms with Crippen LogP contribution in [0.3, 0.4) is 0 Å². The third-order valence-corrected chi connectivity index (χ3v) is 6.89. The van der Waals surface area contributed by atoms with Crippen LogP contribution < -0.4 is 10.6 Å². The van der Waals surface area contributed by atoms with Crippen molar-refractivity contribution in [3.05, 3.63) is 102 Å². The van der Waals surface area contributed by atoms with E-state index in [2.05, 4.69) is 10.6 Å². The first-order valence-electron chi connectivity index (χ1n) is 9.27. The molecule has 2 amide bonds. The zero-order chi connectivity index (χ0) is 21.8. The molecule has 4 aromatic rings. The lowest BCUT2D eigenvalue weighted by atomic mass is 10.0. The molecule has 4 rings (SSSR count). The molecule has 0 saturated carbocycles. The molecule has 0 radical (unpaired) electrons. The van der Waals surface area contributed by atoms with Gasteiger partial charge in [0.1, 0.15) is 0 Å². The van der Waals surface area contributed by atoms with E-state index in [-0.39, 0.29) is 11.8 Å². The van der Waals surface area contributed by atoms with Crippen molar-refractivity contribution in [2.75, 3.05) is 10.6 Å². The molecule has 0 spiro atoms. The number of carbonyl (C=O) groups is 2. The van der Waals surface area contributed by atoms with Crippen molar-refractivity contribution < 1.29 is 9.59 Å². The zero-order valence-corrected chi connectivity index (χ0v) is 19.2. The number of halogens is 2. The highest BCUT2D eigenvalue weighted by molar-refractivity contribution is 7.18. The summed E-state index contributed by atoms with van der Waals surface area (Å²) in [6, 6.07) is 22.3. The maximum Gasteiger partial charge on any atom is 0.265 e. The van der Waals surface area contributed by atoms with Crippen molar-refractivity contribution in [2.24, 2.45) is 0 Å². The van der Waals surface area contributed by atoms with E-state index in [1.165, 1.54) is 22.7 Å². The van der Waals surface area contributed by atoms with E-state index in [1.807, 2.05) is 48.5 Å². The highest BCUT2D eigenvalue weighted by Crippen LogP contribution is 2.24. The summed E-state index contributed by atoms with van der Waals surface area (Å²) in [6.45, 7) is 0. The van der Waals surface area contributed by atoms with Gasteiger partial charge in [0.2, 0.25) is 0 Å². The molecule has 2 heterocycles. The number of amides is 2. The summed E-state index contributed by atoms with van der Waals surface area (Å²) in [5.74, 6) is -0.348. The second kappa shape index (κ2) is 9.66. The third-order valence-electron chi connectivity index (χ3n) is 4.43. The van der Waals surface area contributed by atoms with Crippen LogP contribution in [-0.4, -0.2) is 11.8 Å². The van der Waals surface area contributed by atoms with Crippen LogP contribution in [0.15, 0.2) is 72.8 Å². The molecule has 4 nitrogen and oxygen atoms in total. The second-order valence-corrected chi connectivity index (χ2v) is 10.1. The van der Waals surface area contributed by atoms with Crippen LogP contribution in [0.4, 0.5) is 11.4 Å². The second-order valence-electron chi connectivity index (χ2n) is 6.69. The molecule has 2 aromatic heterocycles. The Hall–Kier alpha value is -2.64. The van der Waals surface area contributed by atoms with Crippen LogP contribution in [0, 0.1) is 0 Å². The molecule has 0 fully saturated rings. The standard InChI is InChI=1S/C23H16Cl2N2O2S2/c24-20-11-9-18(30-20)22(28)26-16-5-1-14(2-6-16)13-15-3-7-17(8-4-15)27-23(29)19-10-12-21(25)31-19/h1-12H,13H2,(H,26,28)(H,27,29). The molecule has 0 bridgehead atoms. The van der Waals surface area contributed by atoms with Gasteiger partial charge in [0.15, 0.2) is 0 Å². The van der Waals surface area contributed by atoms with E-state index >= 15 is 0 Å². The molecular formula is C23H16Cl2N2O2S2. The molecule has 0 unspecified atom stereocenters. The Morgan fingerprint density at radius 2 is 1.00 bits per heavy atom. The number of hydrogen-bond acceptors (Lipinski definition) is 4. The summed E-state index contributed by atoms with van der Waals surface area (Å²) in [5, 5.41) is 5.74. The van der Waals surface area contributed by atoms with Gasteiger partial charge in [-0.2, -0.15) is 0 Å². The van der Waals surface area contributed by atoms with Gasteiger partial charge in [0.25, 0.3) is 11.8 Å². The molecule has 31 heavy (non-hydrogen) atoms. The topological polar surface area (TPSA) is 58.2 Å². The smallest absolute Gasteiger partial charge is 0.265 e. The lowest BCUT2D eigenvalue weighted by Crippen LogP contribution is -2.10. The predicted octanol–water partition coefficient (Wildman–Crippen LogP) is 7.21. The lowest BCUT2D eigenvalue weighted by Gasteiger charge is -2.08. The van der Waals surface area contributed by atoms with Crippen molar-refractivity contribution in [1.29, 1.82) is 0 Å². The van der Waals surface area contributed by atoms with E-state index in [0.717, 1.165) is 28.9 Å². The van der Waals surface area contributed by atoms with E-state index in [4.69, 9.17) is 23.2 Å². The average Bonchev–Trinajstić information content (AvgIpc) is 3.39. The number of nitrogens with one attached hydrogen (secondary N) is 2. The van der Waals surface area contributed by atoms with Crippen molar-refractivity contribution in [1.82, 2.24) is 0 Å². The Bertz CT molecular complexity index is 1120. The van der Waals surface area contributed by atoms with Gasteiger partial charge in [0, 0.05) is 11.4 Å². The first-order valence-corrected chi connectivity index (χ1v) is 11.7. The van der Waals surface area contributed by atoms with Crippen LogP contribution in [0.1, 0.15) is 30.5 Å². The quantitative estimate of drug-likeness (QED) is 0.302. The Labute approximate surface area is 197 Å². The van der Waals surface area contributed by atoms with E-state index < -0.39 is 0 Å². The molecule has 0 aliphatic carbocycles. The Morgan fingerprint density at radius 3 is 1.32 bits per heavy atom. The number of thiophene rings is 2. The minimum Gasteiger partial charge on any atom is -0.321 e. The highest BCUT2D eigenvalue weighted by atomic mass is 35.5. The van der Waals surface area contributed by atoms with Gasteiger partial charge in [-0.1, -0.05) is 47.5 Å². The van der Waals surface area contributed by atoms with Crippen LogP contribution in [-0.2, 0) is 6.42 Å². The molecule has 0 aliphatic rings. The van der Waals surface area contributed by atoms with Crippen molar-refractivity contribution >= 4 is 69.1 Å². The van der Waals surface area contributed by atoms with Gasteiger partial charge in [-0.25, -0.2) is 0 Å². The normalized spacial score (nSPS) is 10.6. The van der Waals surface area contributed by atoms with E-state index in [9.17, 15) is 9.59 Å². The summed E-state index contributed by atoms with van der Waals surface area (Å²) in [5.41, 5.74) is 3.68. The van der Waals surface area contributed by atoms with Crippen molar-refractivity contribution in [2.45, 2.75) is 6.42 Å². The molecule has 2 N–H and O–H groups in total. The number of rotatable bonds is 6. The maximum atomic E-state index is 12.2. The Kier molecular flexibility index (Phi) is 6.73. The van der Waals surface area contributed by atoms with E-state index in [1.54, 1.807) is 24.3 Å². The van der Waals surface area contributed by atoms with E-state index in [0.29, 0.717) is 18.4 Å². The molecule has 0 saturated heterocycles. The molecule has 8 heteroatoms. The lowest BCUT2D eigenvalue weighted by molar-refractivity contribution is 0.102. The summed E-state index contributed by atoms with van der Waals surface area (Å²) in [6.07, 6.45) is 0.740. The van der Waals surface area contributed by atoms with Gasteiger partial charge in [-0.3, -0.25) is 9.59 Å². The van der Waals surface area contributed by atoms with Crippen LogP contribution in [0.2, 0.25) is 8.67 Å². The summed E-state index contributed by atoms with van der Waals surface area (Å²) in [4.78, 5) is 25.6. The molecule has 0 atom stereocenters. The number of hydrogen-bond donors (Lipinski definition) is 2. The van der Waals surface area contributed by atoms with Crippen molar-refractivity contribution in [3.8, 4) is 0 Å². The first-order chi connectivity index (χ1) is 15.0. The Balaban J connectivity index is 1.33. The van der Waals surface area contributed by atoms with Gasteiger partial charge in [-0.15, -0.1) is 22.7 Å².